The smallest absolute Gasteiger partial charge is 0.126 e. The van der Waals surface area contributed by atoms with Crippen LogP contribution in [0.4, 0.5) is 0 Å². The van der Waals surface area contributed by atoms with Crippen LogP contribution in [0, 0.1) is 0 Å². The fraction of sp³-hybridized carbons (Fsp3) is 0.600. The second-order valence-electron chi connectivity index (χ2n) is 4.47. The van der Waals surface area contributed by atoms with Crippen LogP contribution in [0.3, 0.4) is 0 Å². The van der Waals surface area contributed by atoms with Crippen molar-refractivity contribution >= 4 is 0 Å². The van der Waals surface area contributed by atoms with E-state index in [-0.39, 0.29) is 6.04 Å². The molecule has 0 saturated heterocycles. The minimum atomic E-state index is 0.164. The van der Waals surface area contributed by atoms with E-state index in [9.17, 15) is 0 Å². The fourth-order valence-electron chi connectivity index (χ4n) is 1.78. The molecule has 5 heteroatoms. The van der Waals surface area contributed by atoms with E-state index in [1.807, 2.05) is 18.2 Å². The summed E-state index contributed by atoms with van der Waals surface area (Å²) in [6, 6.07) is 5.66. The SMILES string of the molecule is CCCNC(COC)COc1cc(OC)cc(OC)c1. The van der Waals surface area contributed by atoms with Crippen molar-refractivity contribution in [3.8, 4) is 17.2 Å². The molecule has 0 amide bonds. The first-order chi connectivity index (χ1) is 9.73. The Hall–Kier alpha value is -1.46. The molecule has 0 aliphatic rings. The van der Waals surface area contributed by atoms with Gasteiger partial charge in [-0.05, 0) is 13.0 Å². The second kappa shape index (κ2) is 9.44. The highest BCUT2D eigenvalue weighted by Crippen LogP contribution is 2.27. The lowest BCUT2D eigenvalue weighted by Crippen LogP contribution is -2.38. The lowest BCUT2D eigenvalue weighted by molar-refractivity contribution is 0.136. The first-order valence-corrected chi connectivity index (χ1v) is 6.81. The molecular formula is C15H25NO4. The fourth-order valence-corrected chi connectivity index (χ4v) is 1.78. The van der Waals surface area contributed by atoms with Gasteiger partial charge in [0.25, 0.3) is 0 Å². The van der Waals surface area contributed by atoms with E-state index in [1.54, 1.807) is 21.3 Å². The molecule has 1 unspecified atom stereocenters. The Labute approximate surface area is 121 Å². The third-order valence-corrected chi connectivity index (χ3v) is 2.83. The molecule has 0 heterocycles. The number of hydrogen-bond donors (Lipinski definition) is 1. The van der Waals surface area contributed by atoms with Crippen LogP contribution in [0.5, 0.6) is 17.2 Å². The van der Waals surface area contributed by atoms with Crippen molar-refractivity contribution < 1.29 is 18.9 Å². The van der Waals surface area contributed by atoms with Gasteiger partial charge in [0.05, 0.1) is 26.9 Å². The summed E-state index contributed by atoms with van der Waals surface area (Å²) in [6.45, 7) is 4.22. The summed E-state index contributed by atoms with van der Waals surface area (Å²) in [7, 11) is 4.93. The lowest BCUT2D eigenvalue weighted by Gasteiger charge is -2.18. The molecule has 20 heavy (non-hydrogen) atoms. The molecule has 1 N–H and O–H groups in total. The highest BCUT2D eigenvalue weighted by Gasteiger charge is 2.09. The molecule has 1 aromatic carbocycles. The van der Waals surface area contributed by atoms with Gasteiger partial charge < -0.3 is 24.3 Å². The van der Waals surface area contributed by atoms with Crippen LogP contribution in [0.1, 0.15) is 13.3 Å². The standard InChI is InChI=1S/C15H25NO4/c1-5-6-16-12(10-17-2)11-20-15-8-13(18-3)7-14(9-15)19-4/h7-9,12,16H,5-6,10-11H2,1-4H3. The predicted molar refractivity (Wildman–Crippen MR) is 79.0 cm³/mol. The van der Waals surface area contributed by atoms with E-state index < -0.39 is 0 Å². The van der Waals surface area contributed by atoms with Crippen molar-refractivity contribution in [1.29, 1.82) is 0 Å². The topological polar surface area (TPSA) is 49.0 Å². The normalized spacial score (nSPS) is 12.0. The summed E-state index contributed by atoms with van der Waals surface area (Å²) in [5, 5.41) is 3.39. The molecule has 0 spiro atoms. The van der Waals surface area contributed by atoms with Gasteiger partial charge in [-0.2, -0.15) is 0 Å². The van der Waals surface area contributed by atoms with Crippen molar-refractivity contribution in [2.75, 3.05) is 41.1 Å². The maximum atomic E-state index is 5.80. The van der Waals surface area contributed by atoms with Crippen LogP contribution in [0.25, 0.3) is 0 Å². The average Bonchev–Trinajstić information content (AvgIpc) is 2.49. The van der Waals surface area contributed by atoms with Crippen LogP contribution in [0.2, 0.25) is 0 Å². The molecule has 0 fully saturated rings. The van der Waals surface area contributed by atoms with Crippen LogP contribution >= 0.6 is 0 Å². The Balaban J connectivity index is 2.61. The van der Waals surface area contributed by atoms with Gasteiger partial charge in [-0.25, -0.2) is 0 Å². The first kappa shape index (κ1) is 16.6. The number of rotatable bonds is 10. The van der Waals surface area contributed by atoms with Crippen molar-refractivity contribution in [3.63, 3.8) is 0 Å². The number of methoxy groups -OCH3 is 3. The summed E-state index contributed by atoms with van der Waals surface area (Å²) >= 11 is 0. The summed E-state index contributed by atoms with van der Waals surface area (Å²) in [6.07, 6.45) is 1.08. The number of benzene rings is 1. The Morgan fingerprint density at radius 1 is 0.950 bits per heavy atom. The quantitative estimate of drug-likeness (QED) is 0.712. The van der Waals surface area contributed by atoms with E-state index in [1.165, 1.54) is 0 Å². The Morgan fingerprint density at radius 2 is 1.55 bits per heavy atom. The summed E-state index contributed by atoms with van der Waals surface area (Å²) in [5.41, 5.74) is 0. The zero-order valence-electron chi connectivity index (χ0n) is 12.8. The molecule has 0 aromatic heterocycles. The summed E-state index contributed by atoms with van der Waals surface area (Å²) < 4.78 is 21.4. The maximum Gasteiger partial charge on any atom is 0.126 e. The van der Waals surface area contributed by atoms with E-state index in [4.69, 9.17) is 18.9 Å². The van der Waals surface area contributed by atoms with E-state index in [2.05, 4.69) is 12.2 Å². The van der Waals surface area contributed by atoms with E-state index in [0.717, 1.165) is 18.7 Å². The molecule has 1 atom stereocenters. The second-order valence-corrected chi connectivity index (χ2v) is 4.47. The molecule has 0 bridgehead atoms. The predicted octanol–water partition coefficient (Wildman–Crippen LogP) is 2.10. The van der Waals surface area contributed by atoms with Crippen LogP contribution in [-0.4, -0.2) is 47.1 Å². The van der Waals surface area contributed by atoms with Gasteiger partial charge in [-0.15, -0.1) is 0 Å². The average molecular weight is 283 g/mol. The molecule has 0 aliphatic heterocycles. The molecule has 0 radical (unpaired) electrons. The third kappa shape index (κ3) is 5.67. The molecular weight excluding hydrogens is 258 g/mol. The molecule has 0 aliphatic carbocycles. The molecule has 1 aromatic rings. The molecule has 0 saturated carbocycles. The lowest BCUT2D eigenvalue weighted by atomic mass is 10.3. The zero-order chi connectivity index (χ0) is 14.8. The highest BCUT2D eigenvalue weighted by molar-refractivity contribution is 5.42. The van der Waals surface area contributed by atoms with Gasteiger partial charge in [-0.3, -0.25) is 0 Å². The van der Waals surface area contributed by atoms with E-state index >= 15 is 0 Å². The van der Waals surface area contributed by atoms with E-state index in [0.29, 0.717) is 24.7 Å². The minimum absolute atomic E-state index is 0.164. The highest BCUT2D eigenvalue weighted by atomic mass is 16.5. The van der Waals surface area contributed by atoms with Crippen molar-refractivity contribution in [2.45, 2.75) is 19.4 Å². The summed E-state index contributed by atoms with van der Waals surface area (Å²) in [4.78, 5) is 0. The Bertz CT molecular complexity index is 362. The largest absolute Gasteiger partial charge is 0.496 e. The zero-order valence-corrected chi connectivity index (χ0v) is 12.8. The number of hydrogen-bond acceptors (Lipinski definition) is 5. The first-order valence-electron chi connectivity index (χ1n) is 6.81. The molecule has 1 rings (SSSR count). The van der Waals surface area contributed by atoms with Gasteiger partial charge in [0.15, 0.2) is 0 Å². The third-order valence-electron chi connectivity index (χ3n) is 2.83. The van der Waals surface area contributed by atoms with Crippen LogP contribution in [-0.2, 0) is 4.74 Å². The van der Waals surface area contributed by atoms with Gasteiger partial charge in [0, 0.05) is 25.3 Å². The van der Waals surface area contributed by atoms with Gasteiger partial charge in [-0.1, -0.05) is 6.92 Å². The Kier molecular flexibility index (Phi) is 7.84. The minimum Gasteiger partial charge on any atom is -0.496 e. The van der Waals surface area contributed by atoms with Crippen molar-refractivity contribution in [2.24, 2.45) is 0 Å². The Morgan fingerprint density at radius 3 is 2.05 bits per heavy atom. The number of nitrogens with one attached hydrogen (secondary N) is 1. The monoisotopic (exact) mass is 283 g/mol. The van der Waals surface area contributed by atoms with Gasteiger partial charge >= 0.3 is 0 Å². The molecule has 5 nitrogen and oxygen atoms in total. The maximum absolute atomic E-state index is 5.80. The number of ether oxygens (including phenoxy) is 4. The van der Waals surface area contributed by atoms with Crippen LogP contribution in [0.15, 0.2) is 18.2 Å². The van der Waals surface area contributed by atoms with Crippen molar-refractivity contribution in [3.05, 3.63) is 18.2 Å². The van der Waals surface area contributed by atoms with Gasteiger partial charge in [0.1, 0.15) is 23.9 Å². The van der Waals surface area contributed by atoms with Gasteiger partial charge in [0.2, 0.25) is 0 Å². The van der Waals surface area contributed by atoms with Crippen LogP contribution < -0.4 is 19.5 Å². The molecule has 114 valence electrons. The van der Waals surface area contributed by atoms with Crippen molar-refractivity contribution in [1.82, 2.24) is 5.32 Å². The summed E-state index contributed by atoms with van der Waals surface area (Å²) in [5.74, 6) is 2.15.